The molecular formula is C19H18O7. The minimum Gasteiger partial charge on any atom is -0.508 e. The monoisotopic (exact) mass is 358 g/mol. The van der Waals surface area contributed by atoms with E-state index in [4.69, 9.17) is 4.74 Å². The molecule has 1 aliphatic carbocycles. The van der Waals surface area contributed by atoms with Crippen LogP contribution in [-0.4, -0.2) is 39.5 Å². The van der Waals surface area contributed by atoms with E-state index < -0.39 is 35.6 Å². The Kier molecular flexibility index (Phi) is 4.46. The first-order chi connectivity index (χ1) is 12.3. The average Bonchev–Trinajstić information content (AvgIpc) is 2.56. The molecule has 0 spiro atoms. The highest BCUT2D eigenvalue weighted by Gasteiger charge is 2.58. The van der Waals surface area contributed by atoms with E-state index in [2.05, 4.69) is 0 Å². The summed E-state index contributed by atoms with van der Waals surface area (Å²) in [5.74, 6) is -5.62. The van der Waals surface area contributed by atoms with Crippen LogP contribution in [0.5, 0.6) is 17.2 Å². The molecule has 1 saturated carbocycles. The summed E-state index contributed by atoms with van der Waals surface area (Å²) in [4.78, 5) is 23.5. The summed E-state index contributed by atoms with van der Waals surface area (Å²) in [6, 6.07) is 10.6. The second-order valence-electron chi connectivity index (χ2n) is 6.30. The van der Waals surface area contributed by atoms with Crippen LogP contribution in [0.3, 0.4) is 0 Å². The van der Waals surface area contributed by atoms with Gasteiger partial charge in [0.2, 0.25) is 0 Å². The normalized spacial score (nSPS) is 24.5. The highest BCUT2D eigenvalue weighted by Crippen LogP contribution is 2.58. The molecule has 3 rings (SSSR count). The fraction of sp³-hybridized carbons (Fsp3) is 0.263. The second kappa shape index (κ2) is 6.59. The van der Waals surface area contributed by atoms with Crippen LogP contribution >= 0.6 is 0 Å². The van der Waals surface area contributed by atoms with Gasteiger partial charge in [0.15, 0.2) is 11.5 Å². The number of hydrogen-bond acceptors (Lipinski definition) is 5. The van der Waals surface area contributed by atoms with Crippen LogP contribution in [0.25, 0.3) is 0 Å². The van der Waals surface area contributed by atoms with Gasteiger partial charge < -0.3 is 25.2 Å². The number of carboxylic acid groups (broad SMARTS) is 2. The molecule has 136 valence electrons. The van der Waals surface area contributed by atoms with Gasteiger partial charge in [0.05, 0.1) is 18.9 Å². The maximum atomic E-state index is 11.7. The van der Waals surface area contributed by atoms with E-state index in [1.807, 2.05) is 0 Å². The Labute approximate surface area is 149 Å². The summed E-state index contributed by atoms with van der Waals surface area (Å²) in [5.41, 5.74) is 1.20. The molecule has 2 aromatic rings. The third kappa shape index (κ3) is 2.81. The number of phenols is 2. The first-order valence-electron chi connectivity index (χ1n) is 7.96. The smallest absolute Gasteiger partial charge is 0.308 e. The maximum Gasteiger partial charge on any atom is 0.308 e. The van der Waals surface area contributed by atoms with Gasteiger partial charge in [0, 0.05) is 11.8 Å². The van der Waals surface area contributed by atoms with Crippen molar-refractivity contribution < 1.29 is 34.8 Å². The molecule has 26 heavy (non-hydrogen) atoms. The van der Waals surface area contributed by atoms with E-state index in [1.165, 1.54) is 31.4 Å². The maximum absolute atomic E-state index is 11.7. The van der Waals surface area contributed by atoms with Gasteiger partial charge in [-0.1, -0.05) is 18.2 Å². The summed E-state index contributed by atoms with van der Waals surface area (Å²) >= 11 is 0. The number of benzene rings is 2. The van der Waals surface area contributed by atoms with Crippen molar-refractivity contribution in [3.05, 3.63) is 53.6 Å². The number of phenolic OH excluding ortho intramolecular Hbond substituents is 2. The number of aliphatic carboxylic acids is 2. The zero-order valence-electron chi connectivity index (χ0n) is 13.9. The van der Waals surface area contributed by atoms with Crippen molar-refractivity contribution in [3.63, 3.8) is 0 Å². The quantitative estimate of drug-likeness (QED) is 0.647. The van der Waals surface area contributed by atoms with E-state index >= 15 is 0 Å². The lowest BCUT2D eigenvalue weighted by molar-refractivity contribution is -0.164. The summed E-state index contributed by atoms with van der Waals surface area (Å²) in [6.45, 7) is 0. The molecule has 0 aromatic heterocycles. The Hall–Kier alpha value is -3.22. The molecule has 0 heterocycles. The van der Waals surface area contributed by atoms with Gasteiger partial charge in [-0.05, 0) is 35.4 Å². The summed E-state index contributed by atoms with van der Waals surface area (Å²) in [7, 11) is 1.38. The molecule has 0 amide bonds. The molecule has 2 aromatic carbocycles. The van der Waals surface area contributed by atoms with E-state index in [-0.39, 0.29) is 17.2 Å². The molecular weight excluding hydrogens is 340 g/mol. The Balaban J connectivity index is 2.10. The van der Waals surface area contributed by atoms with Crippen molar-refractivity contribution in [1.82, 2.24) is 0 Å². The standard InChI is InChI=1S/C19H18O7/c1-26-13-8-10(4-7-12(13)21)15-14(9-2-5-11(20)6-3-9)16(18(22)23)17(15)19(24)25/h2-8,14-17,20-21H,1H3,(H,22,23)(H,24,25)/t14-,15-,16-,17-/m0/s1. The Morgan fingerprint density at radius 1 is 0.846 bits per heavy atom. The Morgan fingerprint density at radius 2 is 1.35 bits per heavy atom. The van der Waals surface area contributed by atoms with Crippen LogP contribution in [0.4, 0.5) is 0 Å². The highest BCUT2D eigenvalue weighted by atomic mass is 16.5. The van der Waals surface area contributed by atoms with Crippen molar-refractivity contribution >= 4 is 11.9 Å². The minimum atomic E-state index is -1.19. The third-order valence-electron chi connectivity index (χ3n) is 4.98. The van der Waals surface area contributed by atoms with Crippen LogP contribution < -0.4 is 4.74 Å². The number of carboxylic acids is 2. The first kappa shape index (κ1) is 17.6. The SMILES string of the molecule is COc1cc([C@@H]2[C@H](C(=O)O)[C@@H](C(=O)O)[C@H]2c2ccc(O)cc2)ccc1O. The Morgan fingerprint density at radius 3 is 1.85 bits per heavy atom. The van der Waals surface area contributed by atoms with Gasteiger partial charge in [0.25, 0.3) is 0 Å². The molecule has 0 aliphatic heterocycles. The van der Waals surface area contributed by atoms with Crippen LogP contribution in [0.2, 0.25) is 0 Å². The third-order valence-corrected chi connectivity index (χ3v) is 4.98. The summed E-state index contributed by atoms with van der Waals surface area (Å²) < 4.78 is 5.08. The number of methoxy groups -OCH3 is 1. The van der Waals surface area contributed by atoms with E-state index in [1.54, 1.807) is 18.2 Å². The average molecular weight is 358 g/mol. The van der Waals surface area contributed by atoms with Gasteiger partial charge in [-0.3, -0.25) is 9.59 Å². The molecule has 7 nitrogen and oxygen atoms in total. The van der Waals surface area contributed by atoms with Crippen LogP contribution in [0.1, 0.15) is 23.0 Å². The molecule has 4 atom stereocenters. The lowest BCUT2D eigenvalue weighted by atomic mass is 9.52. The largest absolute Gasteiger partial charge is 0.508 e. The first-order valence-corrected chi connectivity index (χ1v) is 7.96. The van der Waals surface area contributed by atoms with Gasteiger partial charge >= 0.3 is 11.9 Å². The molecule has 0 bridgehead atoms. The summed E-state index contributed by atoms with van der Waals surface area (Å²) in [6.07, 6.45) is 0. The van der Waals surface area contributed by atoms with Crippen molar-refractivity contribution in [2.45, 2.75) is 11.8 Å². The van der Waals surface area contributed by atoms with E-state index in [9.17, 15) is 30.0 Å². The number of carbonyl (C=O) groups is 2. The number of rotatable bonds is 5. The van der Waals surface area contributed by atoms with Crippen molar-refractivity contribution in [3.8, 4) is 17.2 Å². The number of ether oxygens (including phenoxy) is 1. The Bertz CT molecular complexity index is 843. The fourth-order valence-corrected chi connectivity index (χ4v) is 3.79. The summed E-state index contributed by atoms with van der Waals surface area (Å²) in [5, 5.41) is 38.4. The van der Waals surface area contributed by atoms with Gasteiger partial charge in [-0.15, -0.1) is 0 Å². The van der Waals surface area contributed by atoms with Gasteiger partial charge in [-0.2, -0.15) is 0 Å². The van der Waals surface area contributed by atoms with Crippen LogP contribution in [-0.2, 0) is 9.59 Å². The van der Waals surface area contributed by atoms with Gasteiger partial charge in [0.1, 0.15) is 5.75 Å². The van der Waals surface area contributed by atoms with Crippen LogP contribution in [0, 0.1) is 11.8 Å². The fourth-order valence-electron chi connectivity index (χ4n) is 3.79. The topological polar surface area (TPSA) is 124 Å². The minimum absolute atomic E-state index is 0.0394. The lowest BCUT2D eigenvalue weighted by Gasteiger charge is -2.48. The highest BCUT2D eigenvalue weighted by molar-refractivity contribution is 5.85. The zero-order valence-corrected chi connectivity index (χ0v) is 13.9. The molecule has 0 saturated heterocycles. The number of hydrogen-bond donors (Lipinski definition) is 4. The van der Waals surface area contributed by atoms with E-state index in [0.717, 1.165) is 0 Å². The lowest BCUT2D eigenvalue weighted by Crippen LogP contribution is -2.51. The molecule has 7 heteroatoms. The molecule has 4 N–H and O–H groups in total. The van der Waals surface area contributed by atoms with E-state index in [0.29, 0.717) is 11.1 Å². The second-order valence-corrected chi connectivity index (χ2v) is 6.30. The predicted molar refractivity (Wildman–Crippen MR) is 90.5 cm³/mol. The molecule has 0 unspecified atom stereocenters. The van der Waals surface area contributed by atoms with Crippen molar-refractivity contribution in [2.24, 2.45) is 11.8 Å². The van der Waals surface area contributed by atoms with Crippen molar-refractivity contribution in [2.75, 3.05) is 7.11 Å². The van der Waals surface area contributed by atoms with Crippen molar-refractivity contribution in [1.29, 1.82) is 0 Å². The predicted octanol–water partition coefficient (Wildman–Crippen LogP) is 2.39. The number of aromatic hydroxyl groups is 2. The molecule has 1 aliphatic rings. The molecule has 1 fully saturated rings. The molecule has 0 radical (unpaired) electrons. The van der Waals surface area contributed by atoms with Crippen LogP contribution in [0.15, 0.2) is 42.5 Å². The zero-order chi connectivity index (χ0) is 19.0. The van der Waals surface area contributed by atoms with Gasteiger partial charge in [-0.25, -0.2) is 0 Å².